The molecule has 2 heterocycles. The Morgan fingerprint density at radius 1 is 1.47 bits per heavy atom. The van der Waals surface area contributed by atoms with E-state index in [1.165, 1.54) is 6.07 Å². The van der Waals surface area contributed by atoms with E-state index in [4.69, 9.17) is 0 Å². The molecule has 96 valence electrons. The lowest BCUT2D eigenvalue weighted by Gasteiger charge is -2.01. The molecular weight excluding hydrogens is 250 g/mol. The molecule has 0 unspecified atom stereocenters. The first kappa shape index (κ1) is 11.3. The summed E-state index contributed by atoms with van der Waals surface area (Å²) >= 11 is 0. The van der Waals surface area contributed by atoms with Gasteiger partial charge in [-0.2, -0.15) is 0 Å². The maximum absolute atomic E-state index is 11.7. The molecule has 0 amide bonds. The quantitative estimate of drug-likeness (QED) is 0.518. The highest BCUT2D eigenvalue weighted by Gasteiger charge is 2.24. The highest BCUT2D eigenvalue weighted by molar-refractivity contribution is 6.03. The van der Waals surface area contributed by atoms with E-state index in [0.717, 1.165) is 6.33 Å². The SMILES string of the molecule is Cc1nc2cc3c(=O)[nH]cnc3c([N+](=O)[O-])c2n1C. The van der Waals surface area contributed by atoms with Crippen LogP contribution in [-0.2, 0) is 7.05 Å². The average molecular weight is 259 g/mol. The Kier molecular flexibility index (Phi) is 2.15. The zero-order valence-corrected chi connectivity index (χ0v) is 10.2. The van der Waals surface area contributed by atoms with Gasteiger partial charge in [0.25, 0.3) is 5.56 Å². The predicted octanol–water partition coefficient (Wildman–Crippen LogP) is 1.03. The van der Waals surface area contributed by atoms with Crippen LogP contribution in [0.3, 0.4) is 0 Å². The number of imidazole rings is 1. The van der Waals surface area contributed by atoms with Crippen molar-refractivity contribution in [2.45, 2.75) is 6.92 Å². The summed E-state index contributed by atoms with van der Waals surface area (Å²) in [6.07, 6.45) is 1.16. The molecule has 0 spiro atoms. The Hall–Kier alpha value is -2.77. The summed E-state index contributed by atoms with van der Waals surface area (Å²) < 4.78 is 1.62. The standard InChI is InChI=1S/C11H9N5O3/c1-5-14-7-3-6-8(12-4-13-11(6)17)10(16(18)19)9(7)15(5)2/h3-4H,1-2H3,(H,12,13,17). The van der Waals surface area contributed by atoms with Gasteiger partial charge < -0.3 is 9.55 Å². The van der Waals surface area contributed by atoms with Crippen LogP contribution < -0.4 is 5.56 Å². The number of aromatic nitrogens is 4. The number of nitrogens with one attached hydrogen (secondary N) is 1. The van der Waals surface area contributed by atoms with Gasteiger partial charge in [0.2, 0.25) is 0 Å². The van der Waals surface area contributed by atoms with Crippen LogP contribution in [0.2, 0.25) is 0 Å². The van der Waals surface area contributed by atoms with Gasteiger partial charge >= 0.3 is 5.69 Å². The van der Waals surface area contributed by atoms with E-state index < -0.39 is 10.5 Å². The Balaban J connectivity index is 2.70. The molecule has 1 N–H and O–H groups in total. The van der Waals surface area contributed by atoms with E-state index in [0.29, 0.717) is 16.9 Å². The smallest absolute Gasteiger partial charge is 0.321 e. The minimum Gasteiger partial charge on any atom is -0.326 e. The van der Waals surface area contributed by atoms with Gasteiger partial charge in [0.15, 0.2) is 5.52 Å². The van der Waals surface area contributed by atoms with Crippen molar-refractivity contribution in [3.05, 3.63) is 38.7 Å². The van der Waals surface area contributed by atoms with Crippen LogP contribution in [0.15, 0.2) is 17.2 Å². The first-order chi connectivity index (χ1) is 9.00. The number of nitro benzene ring substituents is 1. The van der Waals surface area contributed by atoms with Crippen LogP contribution in [0.4, 0.5) is 5.69 Å². The lowest BCUT2D eigenvalue weighted by molar-refractivity contribution is -0.381. The monoisotopic (exact) mass is 259 g/mol. The van der Waals surface area contributed by atoms with Crippen LogP contribution in [-0.4, -0.2) is 24.4 Å². The number of aromatic amines is 1. The number of nitrogens with zero attached hydrogens (tertiary/aromatic N) is 4. The van der Waals surface area contributed by atoms with E-state index in [2.05, 4.69) is 15.0 Å². The molecule has 19 heavy (non-hydrogen) atoms. The van der Waals surface area contributed by atoms with Crippen LogP contribution in [0.1, 0.15) is 5.82 Å². The number of aryl methyl sites for hydroxylation is 2. The number of benzene rings is 1. The van der Waals surface area contributed by atoms with Gasteiger partial charge in [0, 0.05) is 7.05 Å². The third-order valence-corrected chi connectivity index (χ3v) is 3.15. The predicted molar refractivity (Wildman–Crippen MR) is 68.0 cm³/mol. The lowest BCUT2D eigenvalue weighted by Crippen LogP contribution is -2.08. The second-order valence-electron chi connectivity index (χ2n) is 4.20. The van der Waals surface area contributed by atoms with Crippen molar-refractivity contribution >= 4 is 27.6 Å². The van der Waals surface area contributed by atoms with E-state index in [-0.39, 0.29) is 16.6 Å². The largest absolute Gasteiger partial charge is 0.326 e. The zero-order valence-electron chi connectivity index (χ0n) is 10.2. The van der Waals surface area contributed by atoms with E-state index in [1.54, 1.807) is 18.5 Å². The summed E-state index contributed by atoms with van der Waals surface area (Å²) in [5.41, 5.74) is 0.245. The Morgan fingerprint density at radius 3 is 2.89 bits per heavy atom. The van der Waals surface area contributed by atoms with Crippen LogP contribution >= 0.6 is 0 Å². The topological polar surface area (TPSA) is 107 Å². The lowest BCUT2D eigenvalue weighted by atomic mass is 10.2. The Bertz CT molecular complexity index is 893. The summed E-state index contributed by atoms with van der Waals surface area (Å²) in [7, 11) is 1.69. The highest BCUT2D eigenvalue weighted by Crippen LogP contribution is 2.31. The van der Waals surface area contributed by atoms with E-state index in [1.807, 2.05) is 0 Å². The Labute approximate surface area is 105 Å². The number of H-pyrrole nitrogens is 1. The maximum Gasteiger partial charge on any atom is 0.321 e. The first-order valence-electron chi connectivity index (χ1n) is 5.48. The fraction of sp³-hybridized carbons (Fsp3) is 0.182. The number of nitro groups is 1. The highest BCUT2D eigenvalue weighted by atomic mass is 16.6. The van der Waals surface area contributed by atoms with E-state index in [9.17, 15) is 14.9 Å². The van der Waals surface area contributed by atoms with Crippen molar-refractivity contribution in [1.29, 1.82) is 0 Å². The molecule has 0 aliphatic carbocycles. The van der Waals surface area contributed by atoms with Crippen molar-refractivity contribution in [3.8, 4) is 0 Å². The summed E-state index contributed by atoms with van der Waals surface area (Å²) in [5, 5.41) is 11.5. The summed E-state index contributed by atoms with van der Waals surface area (Å²) in [5.74, 6) is 0.629. The molecule has 2 aromatic heterocycles. The third-order valence-electron chi connectivity index (χ3n) is 3.15. The fourth-order valence-corrected chi connectivity index (χ4v) is 2.17. The van der Waals surface area contributed by atoms with Crippen molar-refractivity contribution < 1.29 is 4.92 Å². The molecule has 1 aromatic carbocycles. The van der Waals surface area contributed by atoms with Gasteiger partial charge in [-0.25, -0.2) is 9.97 Å². The van der Waals surface area contributed by atoms with Crippen molar-refractivity contribution in [2.24, 2.45) is 7.05 Å². The van der Waals surface area contributed by atoms with Gasteiger partial charge in [-0.15, -0.1) is 0 Å². The minimum atomic E-state index is -0.530. The number of hydrogen-bond donors (Lipinski definition) is 1. The molecule has 0 fully saturated rings. The molecule has 0 aliphatic rings. The molecule has 8 heteroatoms. The molecule has 0 radical (unpaired) electrons. The molecular formula is C11H9N5O3. The molecule has 0 atom stereocenters. The molecule has 0 bridgehead atoms. The number of rotatable bonds is 1. The van der Waals surface area contributed by atoms with Crippen LogP contribution in [0.25, 0.3) is 21.9 Å². The van der Waals surface area contributed by atoms with Gasteiger partial charge in [-0.3, -0.25) is 14.9 Å². The molecule has 8 nitrogen and oxygen atoms in total. The number of fused-ring (bicyclic) bond motifs is 2. The van der Waals surface area contributed by atoms with Crippen molar-refractivity contribution in [3.63, 3.8) is 0 Å². The number of non-ortho nitro benzene ring substituents is 1. The van der Waals surface area contributed by atoms with Gasteiger partial charge in [0.1, 0.15) is 11.3 Å². The normalized spacial score (nSPS) is 11.3. The molecule has 3 aromatic rings. The fourth-order valence-electron chi connectivity index (χ4n) is 2.17. The molecule has 0 aliphatic heterocycles. The maximum atomic E-state index is 11.7. The van der Waals surface area contributed by atoms with Crippen molar-refractivity contribution in [2.75, 3.05) is 0 Å². The van der Waals surface area contributed by atoms with Crippen molar-refractivity contribution in [1.82, 2.24) is 19.5 Å². The van der Waals surface area contributed by atoms with Gasteiger partial charge in [-0.1, -0.05) is 0 Å². The summed E-state index contributed by atoms with van der Waals surface area (Å²) in [6.45, 7) is 1.74. The minimum absolute atomic E-state index is 0.0734. The Morgan fingerprint density at radius 2 is 2.21 bits per heavy atom. The second-order valence-corrected chi connectivity index (χ2v) is 4.20. The van der Waals surface area contributed by atoms with Crippen LogP contribution in [0.5, 0.6) is 0 Å². The summed E-state index contributed by atoms with van der Waals surface area (Å²) in [4.78, 5) is 33.1. The third kappa shape index (κ3) is 1.43. The average Bonchev–Trinajstić information content (AvgIpc) is 2.63. The zero-order chi connectivity index (χ0) is 13.7. The van der Waals surface area contributed by atoms with Gasteiger partial charge in [-0.05, 0) is 13.0 Å². The number of hydrogen-bond acceptors (Lipinski definition) is 5. The van der Waals surface area contributed by atoms with Crippen LogP contribution in [0, 0.1) is 17.0 Å². The summed E-state index contributed by atoms with van der Waals surface area (Å²) in [6, 6.07) is 1.52. The van der Waals surface area contributed by atoms with Gasteiger partial charge in [0.05, 0.1) is 22.2 Å². The first-order valence-corrected chi connectivity index (χ1v) is 5.48. The second kappa shape index (κ2) is 3.61. The molecule has 0 saturated carbocycles. The molecule has 3 rings (SSSR count). The van der Waals surface area contributed by atoms with E-state index >= 15 is 0 Å². The molecule has 0 saturated heterocycles.